The molecule has 31 heavy (non-hydrogen) atoms. The lowest BCUT2D eigenvalue weighted by molar-refractivity contribution is -0.113. The topological polar surface area (TPSA) is 72.7 Å². The Kier molecular flexibility index (Phi) is 5.69. The number of nitrogens with one attached hydrogen (secondary N) is 1. The quantitative estimate of drug-likeness (QED) is 0.423. The van der Waals surface area contributed by atoms with E-state index in [0.29, 0.717) is 0 Å². The van der Waals surface area contributed by atoms with Gasteiger partial charge in [0.2, 0.25) is 5.91 Å². The Morgan fingerprint density at radius 2 is 2.06 bits per heavy atom. The summed E-state index contributed by atoms with van der Waals surface area (Å²) in [7, 11) is 0. The highest BCUT2D eigenvalue weighted by atomic mass is 32.2. The van der Waals surface area contributed by atoms with Crippen LogP contribution in [0.15, 0.2) is 46.8 Å². The van der Waals surface area contributed by atoms with Gasteiger partial charge in [-0.25, -0.2) is 9.37 Å². The van der Waals surface area contributed by atoms with Gasteiger partial charge < -0.3 is 9.88 Å². The Bertz CT molecular complexity index is 1220. The molecule has 158 valence electrons. The lowest BCUT2D eigenvalue weighted by Gasteiger charge is -2.10. The predicted octanol–water partition coefficient (Wildman–Crippen LogP) is 5.15. The summed E-state index contributed by atoms with van der Waals surface area (Å²) in [4.78, 5) is 17.0. The number of thioether (sulfide) groups is 1. The number of anilines is 1. The molecule has 1 amide bonds. The van der Waals surface area contributed by atoms with Crippen molar-refractivity contribution >= 4 is 44.9 Å². The largest absolute Gasteiger partial charge is 0.323 e. The van der Waals surface area contributed by atoms with E-state index in [1.54, 1.807) is 23.5 Å². The number of benzene rings is 2. The van der Waals surface area contributed by atoms with E-state index in [9.17, 15) is 9.18 Å². The van der Waals surface area contributed by atoms with E-state index in [1.807, 2.05) is 24.3 Å². The van der Waals surface area contributed by atoms with Crippen LogP contribution >= 0.6 is 23.1 Å². The average molecular weight is 454 g/mol. The molecule has 0 saturated heterocycles. The molecule has 0 saturated carbocycles. The molecule has 5 rings (SSSR count). The maximum atomic E-state index is 14.4. The van der Waals surface area contributed by atoms with Crippen molar-refractivity contribution in [3.63, 3.8) is 0 Å². The average Bonchev–Trinajstić information content (AvgIpc) is 3.30. The number of aromatic nitrogens is 4. The smallest absolute Gasteiger partial charge is 0.234 e. The van der Waals surface area contributed by atoms with E-state index in [0.717, 1.165) is 57.6 Å². The monoisotopic (exact) mass is 453 g/mol. The van der Waals surface area contributed by atoms with Crippen molar-refractivity contribution in [3.8, 4) is 11.4 Å². The summed E-state index contributed by atoms with van der Waals surface area (Å²) in [6.45, 7) is 0.857. The van der Waals surface area contributed by atoms with Gasteiger partial charge in [-0.2, -0.15) is 0 Å². The van der Waals surface area contributed by atoms with E-state index in [2.05, 4.69) is 25.1 Å². The number of para-hydroxylation sites is 1. The molecule has 0 aliphatic carbocycles. The molecular formula is C22H20FN5OS2. The Hall–Kier alpha value is -2.78. The van der Waals surface area contributed by atoms with Crippen LogP contribution in [0.25, 0.3) is 21.6 Å². The van der Waals surface area contributed by atoms with Gasteiger partial charge in [0.05, 0.1) is 21.7 Å². The van der Waals surface area contributed by atoms with Crippen molar-refractivity contribution in [1.82, 2.24) is 19.7 Å². The molecule has 0 spiro atoms. The predicted molar refractivity (Wildman–Crippen MR) is 122 cm³/mol. The molecule has 1 aliphatic heterocycles. The normalized spacial score (nSPS) is 13.7. The molecule has 0 radical (unpaired) electrons. The molecule has 1 aliphatic rings. The standard InChI is InChI=1S/C22H20FN5OS2/c23-15-10-9-14(21-27-26-19-8-2-1-5-11-28(19)21)12-17(15)24-20(29)13-30-22-25-16-6-3-4-7-18(16)31-22/h3-4,6-7,9-10,12H,1-2,5,8,11,13H2,(H,24,29). The van der Waals surface area contributed by atoms with Crippen LogP contribution in [0, 0.1) is 5.82 Å². The second-order valence-corrected chi connectivity index (χ2v) is 9.63. The molecule has 6 nitrogen and oxygen atoms in total. The maximum Gasteiger partial charge on any atom is 0.234 e. The van der Waals surface area contributed by atoms with Gasteiger partial charge in [0.25, 0.3) is 0 Å². The molecule has 1 N–H and O–H groups in total. The van der Waals surface area contributed by atoms with Gasteiger partial charge in [-0.3, -0.25) is 4.79 Å². The highest BCUT2D eigenvalue weighted by Gasteiger charge is 2.18. The number of fused-ring (bicyclic) bond motifs is 2. The second-order valence-electron chi connectivity index (χ2n) is 7.38. The zero-order valence-corrected chi connectivity index (χ0v) is 18.3. The van der Waals surface area contributed by atoms with Crippen molar-refractivity contribution < 1.29 is 9.18 Å². The van der Waals surface area contributed by atoms with Crippen molar-refractivity contribution in [1.29, 1.82) is 0 Å². The van der Waals surface area contributed by atoms with Crippen LogP contribution < -0.4 is 5.32 Å². The molecule has 4 aromatic rings. The number of rotatable bonds is 5. The fraction of sp³-hybridized carbons (Fsp3) is 0.273. The number of hydrogen-bond acceptors (Lipinski definition) is 6. The molecule has 2 aromatic heterocycles. The first-order valence-electron chi connectivity index (χ1n) is 10.2. The van der Waals surface area contributed by atoms with E-state index in [1.165, 1.54) is 24.2 Å². The van der Waals surface area contributed by atoms with Crippen molar-refractivity contribution in [2.24, 2.45) is 0 Å². The summed E-state index contributed by atoms with van der Waals surface area (Å²) in [5, 5.41) is 11.3. The minimum Gasteiger partial charge on any atom is -0.323 e. The van der Waals surface area contributed by atoms with Gasteiger partial charge in [-0.15, -0.1) is 21.5 Å². The zero-order chi connectivity index (χ0) is 21.2. The number of nitrogens with zero attached hydrogens (tertiary/aromatic N) is 4. The lowest BCUT2D eigenvalue weighted by Crippen LogP contribution is -2.15. The van der Waals surface area contributed by atoms with E-state index in [4.69, 9.17) is 0 Å². The Morgan fingerprint density at radius 3 is 2.97 bits per heavy atom. The number of halogens is 1. The molecular weight excluding hydrogens is 433 g/mol. The summed E-state index contributed by atoms with van der Waals surface area (Å²) in [6.07, 6.45) is 4.25. The van der Waals surface area contributed by atoms with Crippen LogP contribution in [-0.2, 0) is 17.8 Å². The second kappa shape index (κ2) is 8.76. The van der Waals surface area contributed by atoms with Crippen molar-refractivity contribution in [2.45, 2.75) is 36.6 Å². The number of aryl methyl sites for hydroxylation is 1. The Balaban J connectivity index is 1.30. The summed E-state index contributed by atoms with van der Waals surface area (Å²) in [6, 6.07) is 12.5. The van der Waals surface area contributed by atoms with Crippen LogP contribution in [0.3, 0.4) is 0 Å². The van der Waals surface area contributed by atoms with Crippen molar-refractivity contribution in [2.75, 3.05) is 11.1 Å². The van der Waals surface area contributed by atoms with Gasteiger partial charge in [0, 0.05) is 18.5 Å². The summed E-state index contributed by atoms with van der Waals surface area (Å²) in [5.74, 6) is 1.09. The Morgan fingerprint density at radius 1 is 1.16 bits per heavy atom. The van der Waals surface area contributed by atoms with E-state index >= 15 is 0 Å². The fourth-order valence-electron chi connectivity index (χ4n) is 3.69. The molecule has 0 atom stereocenters. The van der Waals surface area contributed by atoms with Gasteiger partial charge in [0.1, 0.15) is 11.6 Å². The molecule has 0 fully saturated rings. The minimum atomic E-state index is -0.474. The number of carbonyl (C=O) groups excluding carboxylic acids is 1. The third-order valence-corrected chi connectivity index (χ3v) is 7.39. The molecule has 0 bridgehead atoms. The first-order valence-corrected chi connectivity index (χ1v) is 12.0. The summed E-state index contributed by atoms with van der Waals surface area (Å²) in [5.41, 5.74) is 1.82. The molecule has 2 aromatic carbocycles. The summed E-state index contributed by atoms with van der Waals surface area (Å²) < 4.78 is 18.4. The van der Waals surface area contributed by atoms with Gasteiger partial charge in [-0.05, 0) is 43.2 Å². The number of amides is 1. The van der Waals surface area contributed by atoms with Crippen LogP contribution in [0.2, 0.25) is 0 Å². The van der Waals surface area contributed by atoms with Gasteiger partial charge in [0.15, 0.2) is 10.2 Å². The number of thiazole rings is 1. The molecule has 0 unspecified atom stereocenters. The third kappa shape index (κ3) is 4.33. The van der Waals surface area contributed by atoms with Crippen molar-refractivity contribution in [3.05, 3.63) is 54.1 Å². The first kappa shape index (κ1) is 20.1. The highest BCUT2D eigenvalue weighted by molar-refractivity contribution is 8.01. The SMILES string of the molecule is O=C(CSc1nc2ccccc2s1)Nc1cc(-c2nnc3n2CCCCC3)ccc1F. The van der Waals surface area contributed by atoms with E-state index < -0.39 is 5.82 Å². The summed E-state index contributed by atoms with van der Waals surface area (Å²) >= 11 is 2.89. The third-order valence-electron chi connectivity index (χ3n) is 5.21. The maximum absolute atomic E-state index is 14.4. The lowest BCUT2D eigenvalue weighted by atomic mass is 10.1. The number of carbonyl (C=O) groups is 1. The van der Waals surface area contributed by atoms with Gasteiger partial charge in [-0.1, -0.05) is 30.3 Å². The van der Waals surface area contributed by atoms with E-state index in [-0.39, 0.29) is 17.3 Å². The van der Waals surface area contributed by atoms with Crippen LogP contribution in [0.1, 0.15) is 25.1 Å². The Labute approximate surface area is 186 Å². The zero-order valence-electron chi connectivity index (χ0n) is 16.7. The van der Waals surface area contributed by atoms with Gasteiger partial charge >= 0.3 is 0 Å². The van der Waals surface area contributed by atoms with Crippen LogP contribution in [0.4, 0.5) is 10.1 Å². The fourth-order valence-corrected chi connectivity index (χ4v) is 5.55. The first-order chi connectivity index (χ1) is 15.2. The van der Waals surface area contributed by atoms with Crippen LogP contribution in [-0.4, -0.2) is 31.4 Å². The number of hydrogen-bond donors (Lipinski definition) is 1. The molecule has 3 heterocycles. The highest BCUT2D eigenvalue weighted by Crippen LogP contribution is 2.30. The minimum absolute atomic E-state index is 0.151. The molecule has 9 heteroatoms. The van der Waals surface area contributed by atoms with Crippen LogP contribution in [0.5, 0.6) is 0 Å².